The van der Waals surface area contributed by atoms with Crippen LogP contribution >= 0.6 is 0 Å². The van der Waals surface area contributed by atoms with E-state index >= 15 is 0 Å². The molecule has 3 aromatic carbocycles. The molecule has 10 heteroatoms. The molecule has 0 bridgehead atoms. The van der Waals surface area contributed by atoms with Gasteiger partial charge in [0.25, 0.3) is 0 Å². The SMILES string of the molecule is Cc1ccc(-n2nc(C(C)(C)C)cc2NC(=O)Nc2ccc(C(C(=O)c3ccc(N(C)c4nc(C)cc(C)n4)cc3)C3CCNCC3)cc2)cc1. The number of amides is 2. The first-order chi connectivity index (χ1) is 24.4. The minimum absolute atomic E-state index is 0.0937. The molecule has 2 aromatic heterocycles. The summed E-state index contributed by atoms with van der Waals surface area (Å²) in [7, 11) is 1.93. The van der Waals surface area contributed by atoms with Crippen LogP contribution in [0.15, 0.2) is 84.9 Å². The van der Waals surface area contributed by atoms with Crippen molar-refractivity contribution < 1.29 is 9.59 Å². The van der Waals surface area contributed by atoms with Crippen molar-refractivity contribution in [2.45, 2.75) is 65.7 Å². The molecule has 0 aliphatic carbocycles. The number of aryl methyl sites for hydroxylation is 3. The number of ketones is 1. The molecule has 264 valence electrons. The van der Waals surface area contributed by atoms with Crippen molar-refractivity contribution in [2.24, 2.45) is 5.92 Å². The zero-order valence-corrected chi connectivity index (χ0v) is 30.6. The second-order valence-corrected chi connectivity index (χ2v) is 14.6. The number of carbonyl (C=O) groups excluding carboxylic acids is 2. The highest BCUT2D eigenvalue weighted by atomic mass is 16.2. The zero-order valence-electron chi connectivity index (χ0n) is 30.6. The van der Waals surface area contributed by atoms with Gasteiger partial charge in [-0.3, -0.25) is 10.1 Å². The molecule has 3 N–H and O–H groups in total. The van der Waals surface area contributed by atoms with Gasteiger partial charge in [-0.2, -0.15) is 5.10 Å². The van der Waals surface area contributed by atoms with Gasteiger partial charge in [0.2, 0.25) is 5.95 Å². The number of nitrogens with one attached hydrogen (secondary N) is 3. The summed E-state index contributed by atoms with van der Waals surface area (Å²) in [6, 6.07) is 26.9. The highest BCUT2D eigenvalue weighted by Crippen LogP contribution is 2.35. The van der Waals surface area contributed by atoms with Crippen LogP contribution in [0.1, 0.15) is 78.1 Å². The summed E-state index contributed by atoms with van der Waals surface area (Å²) < 4.78 is 1.76. The van der Waals surface area contributed by atoms with Crippen LogP contribution in [0.4, 0.5) is 27.9 Å². The third-order valence-electron chi connectivity index (χ3n) is 9.47. The maximum absolute atomic E-state index is 14.2. The van der Waals surface area contributed by atoms with Crippen LogP contribution < -0.4 is 20.9 Å². The maximum atomic E-state index is 14.2. The van der Waals surface area contributed by atoms with Crippen LogP contribution in [0, 0.1) is 26.7 Å². The molecular formula is C41H48N8O2. The smallest absolute Gasteiger partial charge is 0.317 e. The second kappa shape index (κ2) is 14.9. The molecule has 3 heterocycles. The molecule has 1 aliphatic rings. The molecule has 51 heavy (non-hydrogen) atoms. The minimum Gasteiger partial charge on any atom is -0.317 e. The summed E-state index contributed by atoms with van der Waals surface area (Å²) >= 11 is 0. The van der Waals surface area contributed by atoms with E-state index in [1.165, 1.54) is 0 Å². The Hall–Kier alpha value is -5.35. The number of Topliss-reactive ketones (excluding diaryl/α,β-unsaturated/α-hetero) is 1. The molecular weight excluding hydrogens is 637 g/mol. The van der Waals surface area contributed by atoms with Crippen LogP contribution in [0.2, 0.25) is 0 Å². The van der Waals surface area contributed by atoms with Gasteiger partial charge in [-0.1, -0.05) is 50.6 Å². The van der Waals surface area contributed by atoms with Crippen molar-refractivity contribution in [1.82, 2.24) is 25.1 Å². The highest BCUT2D eigenvalue weighted by molar-refractivity contribution is 6.02. The van der Waals surface area contributed by atoms with E-state index in [1.807, 2.05) is 118 Å². The fourth-order valence-electron chi connectivity index (χ4n) is 6.59. The molecule has 5 aromatic rings. The molecule has 0 saturated carbocycles. The van der Waals surface area contributed by atoms with Crippen LogP contribution in [0.25, 0.3) is 5.69 Å². The molecule has 0 spiro atoms. The number of hydrogen-bond acceptors (Lipinski definition) is 7. The molecule has 1 unspecified atom stereocenters. The normalized spacial score (nSPS) is 14.2. The maximum Gasteiger partial charge on any atom is 0.324 e. The van der Waals surface area contributed by atoms with Gasteiger partial charge in [0, 0.05) is 46.9 Å². The molecule has 2 amide bonds. The standard InChI is InChI=1S/C41H48N8O2/c1-26-8-16-34(17-9-26)49-36(25-35(47-49)41(4,5)6)46-40(51)45-32-14-10-29(11-15-32)37(30-20-22-42-23-21-30)38(50)31-12-18-33(19-13-31)48(7)39-43-27(2)24-28(3)44-39/h8-19,24-25,30,37,42H,20-23H2,1-7H3,(H2,45,46,51). The summed E-state index contributed by atoms with van der Waals surface area (Å²) in [5.74, 6) is 1.18. The fraction of sp³-hybridized carbons (Fsp3) is 0.341. The van der Waals surface area contributed by atoms with E-state index in [0.29, 0.717) is 23.0 Å². The molecule has 1 saturated heterocycles. The Morgan fingerprint density at radius 1 is 0.843 bits per heavy atom. The lowest BCUT2D eigenvalue weighted by Crippen LogP contribution is -2.33. The van der Waals surface area contributed by atoms with Gasteiger partial charge in [0.1, 0.15) is 5.82 Å². The molecule has 10 nitrogen and oxygen atoms in total. The lowest BCUT2D eigenvalue weighted by Gasteiger charge is -2.30. The van der Waals surface area contributed by atoms with Crippen LogP contribution in [0.3, 0.4) is 0 Å². The van der Waals surface area contributed by atoms with Crippen molar-refractivity contribution in [1.29, 1.82) is 0 Å². The van der Waals surface area contributed by atoms with Gasteiger partial charge in [-0.05, 0) is 113 Å². The molecule has 1 fully saturated rings. The minimum atomic E-state index is -0.376. The summed E-state index contributed by atoms with van der Waals surface area (Å²) in [6.07, 6.45) is 1.82. The Balaban J connectivity index is 1.19. The van der Waals surface area contributed by atoms with Gasteiger partial charge in [-0.25, -0.2) is 19.4 Å². The number of aromatic nitrogens is 4. The lowest BCUT2D eigenvalue weighted by atomic mass is 9.76. The average molecular weight is 685 g/mol. The first kappa shape index (κ1) is 35.5. The van der Waals surface area contributed by atoms with E-state index < -0.39 is 0 Å². The fourth-order valence-corrected chi connectivity index (χ4v) is 6.59. The number of benzene rings is 3. The lowest BCUT2D eigenvalue weighted by molar-refractivity contribution is 0.0916. The molecule has 1 aliphatic heterocycles. The van der Waals surface area contributed by atoms with Crippen LogP contribution in [0.5, 0.6) is 0 Å². The topological polar surface area (TPSA) is 117 Å². The predicted molar refractivity (Wildman–Crippen MR) is 205 cm³/mol. The zero-order chi connectivity index (χ0) is 36.3. The highest BCUT2D eigenvalue weighted by Gasteiger charge is 2.32. The first-order valence-electron chi connectivity index (χ1n) is 17.6. The van der Waals surface area contributed by atoms with Gasteiger partial charge in [0.15, 0.2) is 5.78 Å². The summed E-state index contributed by atoms with van der Waals surface area (Å²) in [4.78, 5) is 38.6. The van der Waals surface area contributed by atoms with Gasteiger partial charge >= 0.3 is 6.03 Å². The van der Waals surface area contributed by atoms with Crippen molar-refractivity contribution in [3.8, 4) is 5.69 Å². The third kappa shape index (κ3) is 8.35. The van der Waals surface area contributed by atoms with Gasteiger partial charge < -0.3 is 15.5 Å². The Labute approximate surface area is 300 Å². The number of anilines is 4. The average Bonchev–Trinajstić information content (AvgIpc) is 3.53. The van der Waals surface area contributed by atoms with Crippen molar-refractivity contribution in [3.05, 3.63) is 119 Å². The monoisotopic (exact) mass is 684 g/mol. The van der Waals surface area contributed by atoms with E-state index in [0.717, 1.165) is 65.5 Å². The number of piperidine rings is 1. The van der Waals surface area contributed by atoms with Crippen molar-refractivity contribution in [2.75, 3.05) is 35.7 Å². The number of nitrogens with zero attached hydrogens (tertiary/aromatic N) is 5. The molecule has 0 radical (unpaired) electrons. The summed E-state index contributed by atoms with van der Waals surface area (Å²) in [6.45, 7) is 14.0. The predicted octanol–water partition coefficient (Wildman–Crippen LogP) is 8.26. The van der Waals surface area contributed by atoms with E-state index in [4.69, 9.17) is 5.10 Å². The second-order valence-electron chi connectivity index (χ2n) is 14.6. The quantitative estimate of drug-likeness (QED) is 0.134. The number of hydrogen-bond donors (Lipinski definition) is 3. The van der Waals surface area contributed by atoms with Crippen molar-refractivity contribution in [3.63, 3.8) is 0 Å². The Kier molecular flexibility index (Phi) is 10.3. The van der Waals surface area contributed by atoms with Gasteiger partial charge in [0.05, 0.1) is 17.3 Å². The van der Waals surface area contributed by atoms with E-state index in [2.05, 4.69) is 46.7 Å². The Morgan fingerprint density at radius 3 is 2.08 bits per heavy atom. The Bertz CT molecular complexity index is 1970. The summed E-state index contributed by atoms with van der Waals surface area (Å²) in [5, 5.41) is 14.2. The summed E-state index contributed by atoms with van der Waals surface area (Å²) in [5.41, 5.74) is 7.63. The van der Waals surface area contributed by atoms with Crippen molar-refractivity contribution >= 4 is 35.0 Å². The number of carbonyl (C=O) groups is 2. The molecule has 6 rings (SSSR count). The van der Waals surface area contributed by atoms with Crippen LogP contribution in [-0.4, -0.2) is 51.7 Å². The van der Waals surface area contributed by atoms with Gasteiger partial charge in [-0.15, -0.1) is 0 Å². The van der Waals surface area contributed by atoms with E-state index in [1.54, 1.807) is 4.68 Å². The Morgan fingerprint density at radius 2 is 1.47 bits per heavy atom. The van der Waals surface area contributed by atoms with E-state index in [9.17, 15) is 9.59 Å². The largest absolute Gasteiger partial charge is 0.324 e. The first-order valence-corrected chi connectivity index (χ1v) is 17.6. The molecule has 1 atom stereocenters. The number of rotatable bonds is 9. The van der Waals surface area contributed by atoms with E-state index in [-0.39, 0.29) is 29.1 Å². The number of urea groups is 1. The third-order valence-corrected chi connectivity index (χ3v) is 9.47. The van der Waals surface area contributed by atoms with Crippen LogP contribution in [-0.2, 0) is 5.41 Å².